The number of carbonyl (C=O) groups is 1. The number of hydrogen-bond donors (Lipinski definition) is 0. The average molecular weight is 222 g/mol. The van der Waals surface area contributed by atoms with E-state index in [1.807, 2.05) is 6.92 Å². The third-order valence-corrected chi connectivity index (χ3v) is 3.91. The van der Waals surface area contributed by atoms with Crippen molar-refractivity contribution >= 4 is 13.4 Å². The molecule has 0 N–H and O–H groups in total. The highest BCUT2D eigenvalue weighted by atomic mass is 31.2. The summed E-state index contributed by atoms with van der Waals surface area (Å²) in [6.07, 6.45) is 2.91. The molecule has 0 aromatic carbocycles. The first-order valence-electron chi connectivity index (χ1n) is 4.80. The van der Waals surface area contributed by atoms with E-state index < -0.39 is 7.60 Å². The van der Waals surface area contributed by atoms with Crippen LogP contribution in [-0.2, 0) is 18.4 Å². The van der Waals surface area contributed by atoms with Gasteiger partial charge in [0.15, 0.2) is 0 Å². The quantitative estimate of drug-likeness (QED) is 0.592. The lowest BCUT2D eigenvalue weighted by atomic mass is 10.1. The van der Waals surface area contributed by atoms with E-state index in [1.54, 1.807) is 0 Å². The molecule has 0 aliphatic rings. The first kappa shape index (κ1) is 13.8. The SMILES string of the molecule is CCCCC(=O)CCP(=O)(OC)OC. The molecule has 14 heavy (non-hydrogen) atoms. The maximum absolute atomic E-state index is 11.5. The Labute approximate surface area is 85.5 Å². The van der Waals surface area contributed by atoms with Crippen molar-refractivity contribution in [1.82, 2.24) is 0 Å². The summed E-state index contributed by atoms with van der Waals surface area (Å²) in [6, 6.07) is 0. The molecule has 4 nitrogen and oxygen atoms in total. The van der Waals surface area contributed by atoms with E-state index in [0.29, 0.717) is 6.42 Å². The predicted molar refractivity (Wildman–Crippen MR) is 55.6 cm³/mol. The summed E-state index contributed by atoms with van der Waals surface area (Å²) >= 11 is 0. The van der Waals surface area contributed by atoms with Crippen LogP contribution < -0.4 is 0 Å². The Balaban J connectivity index is 3.80. The minimum absolute atomic E-state index is 0.126. The molecule has 0 atom stereocenters. The van der Waals surface area contributed by atoms with E-state index in [-0.39, 0.29) is 18.4 Å². The lowest BCUT2D eigenvalue weighted by molar-refractivity contribution is -0.118. The van der Waals surface area contributed by atoms with Crippen LogP contribution in [0.4, 0.5) is 0 Å². The summed E-state index contributed by atoms with van der Waals surface area (Å²) in [5.74, 6) is 0.126. The molecule has 0 rings (SSSR count). The fraction of sp³-hybridized carbons (Fsp3) is 0.889. The van der Waals surface area contributed by atoms with Gasteiger partial charge in [0.25, 0.3) is 0 Å². The molecule has 0 aliphatic heterocycles. The predicted octanol–water partition coefficient (Wildman–Crippen LogP) is 2.62. The van der Waals surface area contributed by atoms with Crippen molar-refractivity contribution in [3.63, 3.8) is 0 Å². The van der Waals surface area contributed by atoms with Crippen LogP contribution in [0.1, 0.15) is 32.6 Å². The van der Waals surface area contributed by atoms with Gasteiger partial charge in [-0.15, -0.1) is 0 Å². The Kier molecular flexibility index (Phi) is 7.06. The second-order valence-corrected chi connectivity index (χ2v) is 5.49. The van der Waals surface area contributed by atoms with Crippen LogP contribution >= 0.6 is 7.60 Å². The van der Waals surface area contributed by atoms with Gasteiger partial charge in [0, 0.05) is 27.1 Å². The highest BCUT2D eigenvalue weighted by Crippen LogP contribution is 2.46. The van der Waals surface area contributed by atoms with Crippen LogP contribution in [0, 0.1) is 0 Å². The Bertz CT molecular complexity index is 207. The van der Waals surface area contributed by atoms with Crippen molar-refractivity contribution in [1.29, 1.82) is 0 Å². The molecule has 0 aliphatic carbocycles. The topological polar surface area (TPSA) is 52.6 Å². The van der Waals surface area contributed by atoms with E-state index in [1.165, 1.54) is 14.2 Å². The van der Waals surface area contributed by atoms with Crippen LogP contribution in [0.2, 0.25) is 0 Å². The maximum atomic E-state index is 11.5. The largest absolute Gasteiger partial charge is 0.330 e. The van der Waals surface area contributed by atoms with Gasteiger partial charge in [0.05, 0.1) is 6.16 Å². The average Bonchev–Trinajstić information content (AvgIpc) is 2.23. The Morgan fingerprint density at radius 2 is 1.79 bits per heavy atom. The lowest BCUT2D eigenvalue weighted by Gasteiger charge is -2.12. The van der Waals surface area contributed by atoms with Gasteiger partial charge in [-0.05, 0) is 6.42 Å². The number of rotatable bonds is 8. The zero-order chi connectivity index (χ0) is 11.0. The summed E-state index contributed by atoms with van der Waals surface area (Å²) in [6.45, 7) is 2.03. The van der Waals surface area contributed by atoms with Crippen LogP contribution in [-0.4, -0.2) is 26.2 Å². The van der Waals surface area contributed by atoms with Crippen molar-refractivity contribution in [2.24, 2.45) is 0 Å². The molecular weight excluding hydrogens is 203 g/mol. The maximum Gasteiger partial charge on any atom is 0.330 e. The van der Waals surface area contributed by atoms with E-state index in [4.69, 9.17) is 9.05 Å². The van der Waals surface area contributed by atoms with Crippen LogP contribution in [0.5, 0.6) is 0 Å². The van der Waals surface area contributed by atoms with Gasteiger partial charge >= 0.3 is 7.60 Å². The van der Waals surface area contributed by atoms with Gasteiger partial charge in [0.1, 0.15) is 5.78 Å². The van der Waals surface area contributed by atoms with Crippen molar-refractivity contribution < 1.29 is 18.4 Å². The molecule has 0 saturated heterocycles. The van der Waals surface area contributed by atoms with Crippen molar-refractivity contribution in [2.45, 2.75) is 32.6 Å². The van der Waals surface area contributed by atoms with Gasteiger partial charge in [-0.25, -0.2) is 0 Å². The third-order valence-electron chi connectivity index (χ3n) is 2.03. The Morgan fingerprint density at radius 3 is 2.21 bits per heavy atom. The summed E-state index contributed by atoms with van der Waals surface area (Å²) in [5.41, 5.74) is 0. The van der Waals surface area contributed by atoms with Gasteiger partial charge < -0.3 is 9.05 Å². The molecule has 0 radical (unpaired) electrons. The zero-order valence-corrected chi connectivity index (χ0v) is 10.0. The molecule has 5 heteroatoms. The van der Waals surface area contributed by atoms with Crippen molar-refractivity contribution in [3.05, 3.63) is 0 Å². The van der Waals surface area contributed by atoms with Gasteiger partial charge in [-0.2, -0.15) is 0 Å². The Hall–Kier alpha value is -0.180. The highest BCUT2D eigenvalue weighted by molar-refractivity contribution is 7.53. The zero-order valence-electron chi connectivity index (χ0n) is 9.12. The van der Waals surface area contributed by atoms with Gasteiger partial charge in [0.2, 0.25) is 0 Å². The van der Waals surface area contributed by atoms with Crippen LogP contribution in [0.3, 0.4) is 0 Å². The monoisotopic (exact) mass is 222 g/mol. The standard InChI is InChI=1S/C9H19O4P/c1-4-5-6-9(10)7-8-14(11,12-2)13-3/h4-8H2,1-3H3. The van der Waals surface area contributed by atoms with Crippen molar-refractivity contribution in [2.75, 3.05) is 20.4 Å². The second-order valence-electron chi connectivity index (χ2n) is 3.09. The number of ketones is 1. The van der Waals surface area contributed by atoms with Gasteiger partial charge in [-0.3, -0.25) is 9.36 Å². The van der Waals surface area contributed by atoms with Gasteiger partial charge in [-0.1, -0.05) is 13.3 Å². The molecule has 0 saturated carbocycles. The summed E-state index contributed by atoms with van der Waals surface area (Å²) in [5, 5.41) is 0. The molecule has 0 aromatic rings. The lowest BCUT2D eigenvalue weighted by Crippen LogP contribution is -2.03. The molecule has 0 bridgehead atoms. The summed E-state index contributed by atoms with van der Waals surface area (Å²) in [7, 11) is -0.320. The number of Topliss-reactive ketones (excluding diaryl/α,β-unsaturated/α-hetero) is 1. The third kappa shape index (κ3) is 5.53. The van der Waals surface area contributed by atoms with E-state index >= 15 is 0 Å². The molecular formula is C9H19O4P. The fourth-order valence-corrected chi connectivity index (χ4v) is 2.06. The molecule has 0 fully saturated rings. The van der Waals surface area contributed by atoms with Crippen LogP contribution in [0.25, 0.3) is 0 Å². The first-order chi connectivity index (χ1) is 6.58. The minimum atomic E-state index is -2.99. The molecule has 84 valence electrons. The fourth-order valence-electron chi connectivity index (χ4n) is 1.02. The van der Waals surface area contributed by atoms with E-state index in [2.05, 4.69) is 0 Å². The molecule has 0 spiro atoms. The minimum Gasteiger partial charge on any atom is -0.312 e. The molecule has 0 unspecified atom stereocenters. The highest BCUT2D eigenvalue weighted by Gasteiger charge is 2.21. The summed E-state index contributed by atoms with van der Waals surface area (Å²) < 4.78 is 21.0. The first-order valence-corrected chi connectivity index (χ1v) is 6.53. The summed E-state index contributed by atoms with van der Waals surface area (Å²) in [4.78, 5) is 11.2. The molecule has 0 aromatic heterocycles. The second kappa shape index (κ2) is 7.16. The number of carbonyl (C=O) groups excluding carboxylic acids is 1. The van der Waals surface area contributed by atoms with Crippen molar-refractivity contribution in [3.8, 4) is 0 Å². The molecule has 0 amide bonds. The van der Waals surface area contributed by atoms with E-state index in [0.717, 1.165) is 12.8 Å². The smallest absolute Gasteiger partial charge is 0.312 e. The van der Waals surface area contributed by atoms with Crippen LogP contribution in [0.15, 0.2) is 0 Å². The number of unbranched alkanes of at least 4 members (excludes halogenated alkanes) is 1. The Morgan fingerprint density at radius 1 is 1.21 bits per heavy atom. The number of hydrogen-bond acceptors (Lipinski definition) is 4. The normalized spacial score (nSPS) is 11.6. The molecule has 0 heterocycles. The van der Waals surface area contributed by atoms with E-state index in [9.17, 15) is 9.36 Å².